The molecule has 0 radical (unpaired) electrons. The number of rotatable bonds is 9. The maximum Gasteiger partial charge on any atom is 0.0683 e. The fourth-order valence-corrected chi connectivity index (χ4v) is 3.06. The summed E-state index contributed by atoms with van der Waals surface area (Å²) < 4.78 is 0. The molecule has 1 aliphatic heterocycles. The van der Waals surface area contributed by atoms with Crippen LogP contribution in [0.4, 0.5) is 0 Å². The van der Waals surface area contributed by atoms with Crippen molar-refractivity contribution in [2.24, 2.45) is 11.3 Å². The van der Waals surface area contributed by atoms with Crippen molar-refractivity contribution in [3.05, 3.63) is 0 Å². The topological polar surface area (TPSA) is 39.1 Å². The van der Waals surface area contributed by atoms with Gasteiger partial charge in [-0.3, -0.25) is 4.90 Å². The minimum atomic E-state index is -0.153. The molecule has 0 bridgehead atoms. The molecule has 122 valence electrons. The zero-order valence-corrected chi connectivity index (χ0v) is 14.6. The molecule has 0 aromatic rings. The Morgan fingerprint density at radius 3 is 2.71 bits per heavy atom. The normalized spacial score (nSPS) is 20.7. The first-order valence-electron chi connectivity index (χ1n) is 8.80. The van der Waals surface area contributed by atoms with Crippen molar-refractivity contribution in [3.8, 4) is 6.07 Å². The van der Waals surface area contributed by atoms with Crippen LogP contribution >= 0.6 is 0 Å². The predicted molar refractivity (Wildman–Crippen MR) is 90.2 cm³/mol. The summed E-state index contributed by atoms with van der Waals surface area (Å²) in [7, 11) is 0. The lowest BCUT2D eigenvalue weighted by atomic mass is 9.89. The van der Waals surface area contributed by atoms with Gasteiger partial charge in [0, 0.05) is 12.6 Å². The Morgan fingerprint density at radius 2 is 2.05 bits per heavy atom. The van der Waals surface area contributed by atoms with Crippen molar-refractivity contribution in [2.45, 2.75) is 72.3 Å². The number of hydrogen-bond acceptors (Lipinski definition) is 3. The van der Waals surface area contributed by atoms with Gasteiger partial charge < -0.3 is 5.32 Å². The quantitative estimate of drug-likeness (QED) is 0.657. The van der Waals surface area contributed by atoms with Gasteiger partial charge in [-0.2, -0.15) is 5.26 Å². The van der Waals surface area contributed by atoms with Gasteiger partial charge in [0.25, 0.3) is 0 Å². The molecule has 1 heterocycles. The summed E-state index contributed by atoms with van der Waals surface area (Å²) in [5, 5.41) is 12.7. The van der Waals surface area contributed by atoms with Gasteiger partial charge in [0.05, 0.1) is 11.5 Å². The van der Waals surface area contributed by atoms with Crippen molar-refractivity contribution in [1.29, 1.82) is 5.26 Å². The summed E-state index contributed by atoms with van der Waals surface area (Å²) in [6.07, 6.45) is 7.49. The first-order chi connectivity index (χ1) is 9.94. The number of nitrogens with one attached hydrogen (secondary N) is 1. The highest BCUT2D eigenvalue weighted by molar-refractivity contribution is 4.91. The van der Waals surface area contributed by atoms with Crippen LogP contribution in [0, 0.1) is 22.7 Å². The molecular weight excluding hydrogens is 258 g/mol. The van der Waals surface area contributed by atoms with Crippen molar-refractivity contribution >= 4 is 0 Å². The van der Waals surface area contributed by atoms with Gasteiger partial charge in [0.2, 0.25) is 0 Å². The largest absolute Gasteiger partial charge is 0.315 e. The van der Waals surface area contributed by atoms with Crippen LogP contribution in [0.5, 0.6) is 0 Å². The molecule has 1 saturated heterocycles. The van der Waals surface area contributed by atoms with E-state index in [0.29, 0.717) is 0 Å². The monoisotopic (exact) mass is 293 g/mol. The molecule has 1 unspecified atom stereocenters. The molecular formula is C18H35N3. The van der Waals surface area contributed by atoms with Crippen LogP contribution in [0.3, 0.4) is 0 Å². The Hall–Kier alpha value is -0.590. The third-order valence-corrected chi connectivity index (χ3v) is 4.48. The molecule has 0 spiro atoms. The van der Waals surface area contributed by atoms with Gasteiger partial charge in [-0.15, -0.1) is 0 Å². The summed E-state index contributed by atoms with van der Waals surface area (Å²) in [6, 6.07) is 3.13. The van der Waals surface area contributed by atoms with E-state index >= 15 is 0 Å². The number of hydrogen-bond donors (Lipinski definition) is 1. The van der Waals surface area contributed by atoms with Gasteiger partial charge >= 0.3 is 0 Å². The molecule has 0 aromatic carbocycles. The van der Waals surface area contributed by atoms with E-state index in [0.717, 1.165) is 31.5 Å². The summed E-state index contributed by atoms with van der Waals surface area (Å²) in [5.74, 6) is 0.732. The van der Waals surface area contributed by atoms with Crippen LogP contribution in [-0.2, 0) is 0 Å². The molecule has 0 aliphatic carbocycles. The van der Waals surface area contributed by atoms with Crippen LogP contribution in [0.2, 0.25) is 0 Å². The standard InChI is InChI=1S/C18H35N3/c1-16(2)13-20-14-17-9-5-7-11-21(17)12-8-6-10-18(3,4)15-19/h16-17,20H,5-14H2,1-4H3. The van der Waals surface area contributed by atoms with Gasteiger partial charge in [-0.1, -0.05) is 26.7 Å². The summed E-state index contributed by atoms with van der Waals surface area (Å²) in [6.45, 7) is 13.4. The number of unbranched alkanes of at least 4 members (excludes halogenated alkanes) is 1. The third kappa shape index (κ3) is 7.83. The van der Waals surface area contributed by atoms with Crippen molar-refractivity contribution in [3.63, 3.8) is 0 Å². The van der Waals surface area contributed by atoms with Crippen LogP contribution in [0.15, 0.2) is 0 Å². The highest BCUT2D eigenvalue weighted by Crippen LogP contribution is 2.23. The summed E-state index contributed by atoms with van der Waals surface area (Å²) in [4.78, 5) is 2.68. The number of likely N-dealkylation sites (tertiary alicyclic amines) is 1. The van der Waals surface area contributed by atoms with Gasteiger partial charge in [0.1, 0.15) is 0 Å². The molecule has 1 rings (SSSR count). The predicted octanol–water partition coefficient (Wildman–Crippen LogP) is 3.81. The molecule has 3 heteroatoms. The van der Waals surface area contributed by atoms with E-state index in [4.69, 9.17) is 5.26 Å². The molecule has 0 amide bonds. The van der Waals surface area contributed by atoms with E-state index in [1.165, 1.54) is 45.2 Å². The van der Waals surface area contributed by atoms with Gasteiger partial charge in [-0.05, 0) is 65.1 Å². The van der Waals surface area contributed by atoms with Crippen molar-refractivity contribution in [2.75, 3.05) is 26.2 Å². The minimum absolute atomic E-state index is 0.153. The van der Waals surface area contributed by atoms with Gasteiger partial charge in [0.15, 0.2) is 0 Å². The van der Waals surface area contributed by atoms with Crippen molar-refractivity contribution < 1.29 is 0 Å². The van der Waals surface area contributed by atoms with E-state index < -0.39 is 0 Å². The lowest BCUT2D eigenvalue weighted by Gasteiger charge is -2.36. The second-order valence-corrected chi connectivity index (χ2v) is 7.69. The Balaban J connectivity index is 2.25. The SMILES string of the molecule is CC(C)CNCC1CCCCN1CCCCC(C)(C)C#N. The second kappa shape index (κ2) is 9.43. The zero-order chi connectivity index (χ0) is 15.7. The first kappa shape index (κ1) is 18.5. The van der Waals surface area contributed by atoms with Crippen LogP contribution in [0.1, 0.15) is 66.2 Å². The smallest absolute Gasteiger partial charge is 0.0683 e. The Kier molecular flexibility index (Phi) is 8.29. The molecule has 0 saturated carbocycles. The lowest BCUT2D eigenvalue weighted by molar-refractivity contribution is 0.141. The van der Waals surface area contributed by atoms with E-state index in [1.807, 2.05) is 13.8 Å². The molecule has 1 N–H and O–H groups in total. The maximum absolute atomic E-state index is 9.06. The second-order valence-electron chi connectivity index (χ2n) is 7.69. The average Bonchev–Trinajstić information content (AvgIpc) is 2.44. The first-order valence-corrected chi connectivity index (χ1v) is 8.80. The van der Waals surface area contributed by atoms with E-state index in [-0.39, 0.29) is 5.41 Å². The van der Waals surface area contributed by atoms with Gasteiger partial charge in [-0.25, -0.2) is 0 Å². The number of piperidine rings is 1. The van der Waals surface area contributed by atoms with Crippen LogP contribution in [0.25, 0.3) is 0 Å². The molecule has 1 aliphatic rings. The maximum atomic E-state index is 9.06. The number of nitrogens with zero attached hydrogens (tertiary/aromatic N) is 2. The summed E-state index contributed by atoms with van der Waals surface area (Å²) in [5.41, 5.74) is -0.153. The number of nitriles is 1. The minimum Gasteiger partial charge on any atom is -0.315 e. The highest BCUT2D eigenvalue weighted by Gasteiger charge is 2.22. The Bertz CT molecular complexity index is 317. The highest BCUT2D eigenvalue weighted by atomic mass is 15.2. The van der Waals surface area contributed by atoms with Crippen LogP contribution in [-0.4, -0.2) is 37.1 Å². The zero-order valence-electron chi connectivity index (χ0n) is 14.6. The van der Waals surface area contributed by atoms with E-state index in [1.54, 1.807) is 0 Å². The lowest BCUT2D eigenvalue weighted by Crippen LogP contribution is -2.46. The third-order valence-electron chi connectivity index (χ3n) is 4.48. The van der Waals surface area contributed by atoms with E-state index in [9.17, 15) is 0 Å². The fourth-order valence-electron chi connectivity index (χ4n) is 3.06. The average molecular weight is 293 g/mol. The molecule has 21 heavy (non-hydrogen) atoms. The van der Waals surface area contributed by atoms with Crippen LogP contribution < -0.4 is 5.32 Å². The Labute approximate surface area is 132 Å². The van der Waals surface area contributed by atoms with E-state index in [2.05, 4.69) is 30.1 Å². The molecule has 1 fully saturated rings. The molecule has 3 nitrogen and oxygen atoms in total. The molecule has 1 atom stereocenters. The van der Waals surface area contributed by atoms with Crippen molar-refractivity contribution in [1.82, 2.24) is 10.2 Å². The molecule has 0 aromatic heterocycles. The summed E-state index contributed by atoms with van der Waals surface area (Å²) >= 11 is 0. The fraction of sp³-hybridized carbons (Fsp3) is 0.944. The Morgan fingerprint density at radius 1 is 1.29 bits per heavy atom.